The molecule has 36 heavy (non-hydrogen) atoms. The van der Waals surface area contributed by atoms with Gasteiger partial charge >= 0.3 is 0 Å². The molecule has 0 saturated heterocycles. The molecule has 0 aliphatic carbocycles. The molecular weight excluding hydrogens is 562 g/mol. The van der Waals surface area contributed by atoms with Gasteiger partial charge in [-0.1, -0.05) is 63.8 Å². The van der Waals surface area contributed by atoms with Crippen LogP contribution in [0, 0.1) is 0 Å². The summed E-state index contributed by atoms with van der Waals surface area (Å²) in [5.41, 5.74) is 1.95. The minimum atomic E-state index is -0.780. The third-order valence-electron chi connectivity index (χ3n) is 5.75. The van der Waals surface area contributed by atoms with Crippen molar-refractivity contribution in [1.82, 2.24) is 4.57 Å². The monoisotopic (exact) mass is 576 g/mol. The van der Waals surface area contributed by atoms with Gasteiger partial charge in [0.25, 0.3) is 5.56 Å². The van der Waals surface area contributed by atoms with Gasteiger partial charge in [-0.05, 0) is 68.0 Å². The molecule has 3 heterocycles. The highest BCUT2D eigenvalue weighted by Crippen LogP contribution is 2.35. The molecule has 1 aliphatic rings. The number of allylic oxidation sites excluding steroid dienone is 2. The van der Waals surface area contributed by atoms with Crippen LogP contribution in [0.25, 0.3) is 17.4 Å². The molecule has 10 heteroatoms. The van der Waals surface area contributed by atoms with Crippen molar-refractivity contribution >= 4 is 69.6 Å². The average molecular weight is 578 g/mol. The molecule has 0 radical (unpaired) electrons. The van der Waals surface area contributed by atoms with Gasteiger partial charge in [-0.25, -0.2) is 4.99 Å². The van der Waals surface area contributed by atoms with Crippen LogP contribution in [0.3, 0.4) is 0 Å². The van der Waals surface area contributed by atoms with Gasteiger partial charge in [0.15, 0.2) is 10.6 Å². The van der Waals surface area contributed by atoms with Gasteiger partial charge in [-0.2, -0.15) is 0 Å². The number of carbonyl (C=O) groups is 1. The fourth-order valence-electron chi connectivity index (χ4n) is 4.10. The lowest BCUT2D eigenvalue weighted by molar-refractivity contribution is -0.114. The van der Waals surface area contributed by atoms with E-state index < -0.39 is 6.04 Å². The molecule has 1 aliphatic heterocycles. The fraction of sp³-hybridized carbons (Fsp3) is 0.115. The lowest BCUT2D eigenvalue weighted by Crippen LogP contribution is -2.39. The van der Waals surface area contributed by atoms with E-state index in [1.54, 1.807) is 61.5 Å². The normalized spacial score (nSPS) is 15.7. The molecule has 0 fully saturated rings. The van der Waals surface area contributed by atoms with Crippen LogP contribution in [0.2, 0.25) is 20.1 Å². The molecule has 2 aromatic carbocycles. The first kappa shape index (κ1) is 25.1. The summed E-state index contributed by atoms with van der Waals surface area (Å²) in [6.07, 6.45) is 1.69. The maximum Gasteiger partial charge on any atom is 0.271 e. The van der Waals surface area contributed by atoms with Crippen molar-refractivity contribution in [3.63, 3.8) is 0 Å². The maximum atomic E-state index is 13.6. The van der Waals surface area contributed by atoms with E-state index in [1.165, 1.54) is 22.8 Å². The molecule has 5 nitrogen and oxygen atoms in total. The predicted octanol–water partition coefficient (Wildman–Crippen LogP) is 6.70. The minimum Gasteiger partial charge on any atom is -0.458 e. The van der Waals surface area contributed by atoms with Crippen LogP contribution in [-0.2, 0) is 4.79 Å². The van der Waals surface area contributed by atoms with Gasteiger partial charge in [0, 0.05) is 26.9 Å². The largest absolute Gasteiger partial charge is 0.458 e. The highest BCUT2D eigenvalue weighted by molar-refractivity contribution is 7.07. The molecule has 0 saturated carbocycles. The second kappa shape index (κ2) is 9.69. The lowest BCUT2D eigenvalue weighted by atomic mass is 9.98. The number of halogens is 4. The fourth-order valence-corrected chi connectivity index (χ4v) is 5.90. The van der Waals surface area contributed by atoms with Crippen molar-refractivity contribution < 1.29 is 9.21 Å². The Balaban J connectivity index is 1.69. The number of thiazole rings is 1. The molecule has 2 aromatic heterocycles. The molecule has 0 N–H and O–H groups in total. The van der Waals surface area contributed by atoms with Gasteiger partial charge in [-0.15, -0.1) is 0 Å². The van der Waals surface area contributed by atoms with E-state index in [0.717, 1.165) is 0 Å². The molecule has 0 spiro atoms. The SMILES string of the molecule is CC(=O)C1=C(C)N=c2s/c(=C/c3ccc(Cl)cc3Cl)c(=O)n2[C@@H]1c1ccc(-c2ccc(Cl)c(Cl)c2)o1. The second-order valence-electron chi connectivity index (χ2n) is 8.13. The molecule has 0 bridgehead atoms. The number of hydrogen-bond acceptors (Lipinski definition) is 5. The third-order valence-corrected chi connectivity index (χ3v) is 8.03. The number of carbonyl (C=O) groups excluding carboxylic acids is 1. The molecule has 1 atom stereocenters. The Morgan fingerprint density at radius 2 is 1.81 bits per heavy atom. The molecule has 0 amide bonds. The minimum absolute atomic E-state index is 0.205. The number of fused-ring (bicyclic) bond motifs is 1. The van der Waals surface area contributed by atoms with E-state index in [9.17, 15) is 9.59 Å². The third kappa shape index (κ3) is 4.49. The molecule has 5 rings (SSSR count). The highest BCUT2D eigenvalue weighted by Gasteiger charge is 2.33. The number of nitrogens with zero attached hydrogens (tertiary/aromatic N) is 2. The van der Waals surface area contributed by atoms with Crippen LogP contribution in [0.4, 0.5) is 0 Å². The zero-order chi connectivity index (χ0) is 25.7. The Kier molecular flexibility index (Phi) is 6.74. The van der Waals surface area contributed by atoms with E-state index in [4.69, 9.17) is 50.8 Å². The van der Waals surface area contributed by atoms with Gasteiger partial charge < -0.3 is 4.42 Å². The average Bonchev–Trinajstić information content (AvgIpc) is 3.42. The first-order chi connectivity index (χ1) is 17.1. The van der Waals surface area contributed by atoms with Crippen molar-refractivity contribution in [2.45, 2.75) is 19.9 Å². The first-order valence-corrected chi connectivity index (χ1v) is 13.0. The first-order valence-electron chi connectivity index (χ1n) is 10.7. The van der Waals surface area contributed by atoms with Crippen LogP contribution >= 0.6 is 57.7 Å². The zero-order valence-electron chi connectivity index (χ0n) is 18.8. The Labute approximate surface area is 229 Å². The van der Waals surface area contributed by atoms with Crippen molar-refractivity contribution in [2.24, 2.45) is 4.99 Å². The number of furan rings is 1. The summed E-state index contributed by atoms with van der Waals surface area (Å²) in [7, 11) is 0. The summed E-state index contributed by atoms with van der Waals surface area (Å²) in [4.78, 5) is 31.3. The Morgan fingerprint density at radius 3 is 2.50 bits per heavy atom. The van der Waals surface area contributed by atoms with Crippen molar-refractivity contribution in [3.8, 4) is 11.3 Å². The van der Waals surface area contributed by atoms with Gasteiger partial charge in [0.2, 0.25) is 0 Å². The summed E-state index contributed by atoms with van der Waals surface area (Å²) in [6.45, 7) is 3.20. The van der Waals surface area contributed by atoms with Crippen LogP contribution in [0.1, 0.15) is 31.2 Å². The van der Waals surface area contributed by atoms with E-state index in [2.05, 4.69) is 4.99 Å². The summed E-state index contributed by atoms with van der Waals surface area (Å²) >= 11 is 25.8. The number of hydrogen-bond donors (Lipinski definition) is 0. The predicted molar refractivity (Wildman–Crippen MR) is 145 cm³/mol. The zero-order valence-corrected chi connectivity index (χ0v) is 22.7. The number of rotatable bonds is 4. The molecular formula is C26H16Cl4N2O3S. The van der Waals surface area contributed by atoms with Crippen LogP contribution in [0.15, 0.2) is 74.0 Å². The smallest absolute Gasteiger partial charge is 0.271 e. The maximum absolute atomic E-state index is 13.6. The van der Waals surface area contributed by atoms with Gasteiger partial charge in [0.1, 0.15) is 17.6 Å². The Bertz CT molecular complexity index is 1760. The van der Waals surface area contributed by atoms with Gasteiger partial charge in [-0.3, -0.25) is 14.2 Å². The van der Waals surface area contributed by atoms with E-state index in [-0.39, 0.29) is 11.3 Å². The number of ketones is 1. The van der Waals surface area contributed by atoms with Crippen molar-refractivity contribution in [2.75, 3.05) is 0 Å². The van der Waals surface area contributed by atoms with E-state index in [0.29, 0.717) is 63.3 Å². The molecule has 182 valence electrons. The Hall–Kier alpha value is -2.61. The van der Waals surface area contributed by atoms with E-state index in [1.807, 2.05) is 0 Å². The van der Waals surface area contributed by atoms with Crippen LogP contribution < -0.4 is 14.9 Å². The summed E-state index contributed by atoms with van der Waals surface area (Å²) in [5.74, 6) is 0.743. The highest BCUT2D eigenvalue weighted by atomic mass is 35.5. The Morgan fingerprint density at radius 1 is 1.03 bits per heavy atom. The summed E-state index contributed by atoms with van der Waals surface area (Å²) < 4.78 is 8.07. The second-order valence-corrected chi connectivity index (χ2v) is 10.8. The van der Waals surface area contributed by atoms with Gasteiger partial charge in [0.05, 0.1) is 14.6 Å². The van der Waals surface area contributed by atoms with Crippen LogP contribution in [0.5, 0.6) is 0 Å². The molecule has 0 unspecified atom stereocenters. The number of benzene rings is 2. The molecule has 4 aromatic rings. The lowest BCUT2D eigenvalue weighted by Gasteiger charge is -2.22. The van der Waals surface area contributed by atoms with E-state index >= 15 is 0 Å². The quantitative estimate of drug-likeness (QED) is 0.271. The summed E-state index contributed by atoms with van der Waals surface area (Å²) in [6, 6.07) is 12.9. The van der Waals surface area contributed by atoms with Crippen molar-refractivity contribution in [1.29, 1.82) is 0 Å². The van der Waals surface area contributed by atoms with Crippen molar-refractivity contribution in [3.05, 3.63) is 111 Å². The number of aromatic nitrogens is 1. The summed E-state index contributed by atoms with van der Waals surface area (Å²) in [5, 5.41) is 1.73. The van der Waals surface area contributed by atoms with Crippen LogP contribution in [-0.4, -0.2) is 10.4 Å². The topological polar surface area (TPSA) is 64.6 Å². The number of Topliss-reactive ketones (excluding diaryl/α,β-unsaturated/α-hetero) is 1. The standard InChI is InChI=1S/C26H16Cl4N2O3S/c1-12-23(13(2)33)24(21-8-7-20(35-21)15-4-6-17(28)19(30)9-15)32-25(34)22(36-26(32)31-12)10-14-3-5-16(27)11-18(14)29/h3-11,24H,1-2H3/b22-10+/t24-/m1/s1.